The minimum absolute atomic E-state index is 0.0926. The second-order valence-corrected chi connectivity index (χ2v) is 7.74. The number of benzene rings is 1. The molecule has 0 bridgehead atoms. The van der Waals surface area contributed by atoms with E-state index in [1.54, 1.807) is 0 Å². The first kappa shape index (κ1) is 18.6. The van der Waals surface area contributed by atoms with Crippen LogP contribution in [-0.4, -0.2) is 52.3 Å². The third-order valence-electron chi connectivity index (χ3n) is 3.84. The van der Waals surface area contributed by atoms with Crippen molar-refractivity contribution < 1.29 is 31.4 Å². The van der Waals surface area contributed by atoms with Gasteiger partial charge in [0.25, 0.3) is 0 Å². The first-order chi connectivity index (χ1) is 12.1. The van der Waals surface area contributed by atoms with Crippen LogP contribution in [0.25, 0.3) is 0 Å². The maximum atomic E-state index is 12.5. The molecule has 0 unspecified atom stereocenters. The van der Waals surface area contributed by atoms with Crippen LogP contribution in [0.4, 0.5) is 13.2 Å². The Morgan fingerprint density at radius 2 is 2.04 bits per heavy atom. The van der Waals surface area contributed by atoms with Gasteiger partial charge in [-0.2, -0.15) is 4.31 Å². The van der Waals surface area contributed by atoms with E-state index in [4.69, 9.17) is 0 Å². The number of nitrogens with zero attached hydrogens (tertiary/aromatic N) is 4. The zero-order chi connectivity index (χ0) is 19.1. The van der Waals surface area contributed by atoms with E-state index in [2.05, 4.69) is 15.0 Å². The third kappa shape index (κ3) is 3.81. The summed E-state index contributed by atoms with van der Waals surface area (Å²) in [6.07, 6.45) is -4.17. The van der Waals surface area contributed by atoms with E-state index in [9.17, 15) is 26.7 Å². The van der Waals surface area contributed by atoms with E-state index in [1.807, 2.05) is 0 Å². The van der Waals surface area contributed by atoms with Crippen LogP contribution in [0, 0.1) is 0 Å². The lowest BCUT2D eigenvalue weighted by molar-refractivity contribution is -0.274. The summed E-state index contributed by atoms with van der Waals surface area (Å²) < 4.78 is 68.2. The van der Waals surface area contributed by atoms with E-state index in [1.165, 1.54) is 29.9 Å². The van der Waals surface area contributed by atoms with Crippen molar-refractivity contribution in [1.29, 1.82) is 0 Å². The molecule has 8 nitrogen and oxygen atoms in total. The van der Waals surface area contributed by atoms with Gasteiger partial charge in [0.1, 0.15) is 11.4 Å². The second kappa shape index (κ2) is 6.52. The molecule has 2 heterocycles. The number of aromatic nitrogens is 3. The highest BCUT2D eigenvalue weighted by Gasteiger charge is 2.39. The average Bonchev–Trinajstić information content (AvgIpc) is 2.93. The van der Waals surface area contributed by atoms with Crippen molar-refractivity contribution in [3.8, 4) is 5.75 Å². The van der Waals surface area contributed by atoms with Crippen LogP contribution in [0.3, 0.4) is 0 Å². The Morgan fingerprint density at radius 3 is 2.62 bits per heavy atom. The van der Waals surface area contributed by atoms with E-state index >= 15 is 0 Å². The van der Waals surface area contributed by atoms with E-state index in [0.29, 0.717) is 5.69 Å². The lowest BCUT2D eigenvalue weighted by Crippen LogP contribution is -2.50. The Bertz CT molecular complexity index is 892. The Kier molecular flexibility index (Phi) is 4.67. The molecular formula is C14H15F3N4O4S. The van der Waals surface area contributed by atoms with Crippen LogP contribution in [0.2, 0.25) is 0 Å². The topological polar surface area (TPSA) is 97.5 Å². The molecule has 1 N–H and O–H groups in total. The molecule has 0 saturated carbocycles. The van der Waals surface area contributed by atoms with Gasteiger partial charge in [0, 0.05) is 19.2 Å². The average molecular weight is 392 g/mol. The quantitative estimate of drug-likeness (QED) is 0.828. The smallest absolute Gasteiger partial charge is 0.406 e. The third-order valence-corrected chi connectivity index (χ3v) is 5.66. The highest BCUT2D eigenvalue weighted by molar-refractivity contribution is 7.89. The van der Waals surface area contributed by atoms with Crippen LogP contribution >= 0.6 is 0 Å². The minimum Gasteiger partial charge on any atom is -0.406 e. The lowest BCUT2D eigenvalue weighted by Gasteiger charge is -2.37. The predicted molar refractivity (Wildman–Crippen MR) is 81.6 cm³/mol. The van der Waals surface area contributed by atoms with Crippen LogP contribution < -0.4 is 4.74 Å². The van der Waals surface area contributed by atoms with Crippen LogP contribution in [0.1, 0.15) is 24.8 Å². The van der Waals surface area contributed by atoms with Gasteiger partial charge in [-0.3, -0.25) is 0 Å². The maximum absolute atomic E-state index is 12.5. The molecule has 1 aromatic heterocycles. The van der Waals surface area contributed by atoms with Crippen LogP contribution in [-0.2, 0) is 10.0 Å². The molecule has 0 aliphatic carbocycles. The molecule has 1 aromatic carbocycles. The van der Waals surface area contributed by atoms with Gasteiger partial charge in [0.15, 0.2) is 0 Å². The van der Waals surface area contributed by atoms with Gasteiger partial charge in [-0.25, -0.2) is 13.1 Å². The second-order valence-electron chi connectivity index (χ2n) is 5.80. The van der Waals surface area contributed by atoms with Crippen LogP contribution in [0.5, 0.6) is 5.75 Å². The summed E-state index contributed by atoms with van der Waals surface area (Å²) in [7, 11) is -3.96. The van der Waals surface area contributed by atoms with Gasteiger partial charge >= 0.3 is 6.36 Å². The zero-order valence-corrected chi connectivity index (χ0v) is 14.3. The van der Waals surface area contributed by atoms with Crippen molar-refractivity contribution in [3.05, 3.63) is 36.2 Å². The van der Waals surface area contributed by atoms with Gasteiger partial charge in [-0.05, 0) is 19.1 Å². The SMILES string of the molecule is C[C@H](O)c1cn(C2CN(S(=O)(=O)c3cccc(OC(F)(F)F)c3)C2)nn1. The Balaban J connectivity index is 1.71. The molecule has 142 valence electrons. The van der Waals surface area contributed by atoms with E-state index < -0.39 is 28.2 Å². The van der Waals surface area contributed by atoms with Crippen molar-refractivity contribution >= 4 is 10.0 Å². The van der Waals surface area contributed by atoms with Gasteiger partial charge in [0.05, 0.1) is 23.2 Å². The standard InChI is InChI=1S/C14H15F3N4O4S/c1-9(22)13-8-21(19-18-13)10-6-20(7-10)26(23,24)12-4-2-3-11(5-12)25-14(15,16)17/h2-5,8-10,22H,6-7H2,1H3/t9-/m0/s1. The van der Waals surface area contributed by atoms with E-state index in [-0.39, 0.29) is 24.0 Å². The molecule has 3 rings (SSSR count). The highest BCUT2D eigenvalue weighted by Crippen LogP contribution is 2.31. The number of hydrogen-bond acceptors (Lipinski definition) is 6. The highest BCUT2D eigenvalue weighted by atomic mass is 32.2. The number of sulfonamides is 1. The minimum atomic E-state index is -4.90. The van der Waals surface area contributed by atoms with Crippen molar-refractivity contribution in [2.45, 2.75) is 30.3 Å². The predicted octanol–water partition coefficient (Wildman–Crippen LogP) is 1.48. The number of ether oxygens (including phenoxy) is 1. The molecular weight excluding hydrogens is 377 g/mol. The fourth-order valence-electron chi connectivity index (χ4n) is 2.42. The van der Waals surface area contributed by atoms with Gasteiger partial charge in [-0.15, -0.1) is 18.3 Å². The fraction of sp³-hybridized carbons (Fsp3) is 0.429. The molecule has 1 fully saturated rings. The molecule has 1 aliphatic heterocycles. The number of halogens is 3. The van der Waals surface area contributed by atoms with Crippen molar-refractivity contribution in [3.63, 3.8) is 0 Å². The monoisotopic (exact) mass is 392 g/mol. The van der Waals surface area contributed by atoms with Gasteiger partial charge in [-0.1, -0.05) is 11.3 Å². The Labute approximate surface area is 146 Å². The largest absolute Gasteiger partial charge is 0.573 e. The first-order valence-corrected chi connectivity index (χ1v) is 8.96. The normalized spacial score (nSPS) is 17.7. The van der Waals surface area contributed by atoms with Crippen molar-refractivity contribution in [2.24, 2.45) is 0 Å². The summed E-state index contributed by atoms with van der Waals surface area (Å²) in [5, 5.41) is 17.1. The zero-order valence-electron chi connectivity index (χ0n) is 13.5. The van der Waals surface area contributed by atoms with Gasteiger partial charge < -0.3 is 9.84 Å². The van der Waals surface area contributed by atoms with E-state index in [0.717, 1.165) is 16.4 Å². The van der Waals surface area contributed by atoms with Crippen molar-refractivity contribution in [2.75, 3.05) is 13.1 Å². The summed E-state index contributed by atoms with van der Waals surface area (Å²) in [6, 6.07) is 3.97. The first-order valence-electron chi connectivity index (χ1n) is 7.52. The number of aliphatic hydroxyl groups excluding tert-OH is 1. The summed E-state index contributed by atoms with van der Waals surface area (Å²) in [6.45, 7) is 1.71. The Morgan fingerprint density at radius 1 is 1.35 bits per heavy atom. The summed E-state index contributed by atoms with van der Waals surface area (Å²) >= 11 is 0. The number of alkyl halides is 3. The number of aliphatic hydroxyl groups is 1. The van der Waals surface area contributed by atoms with Crippen molar-refractivity contribution in [1.82, 2.24) is 19.3 Å². The fourth-order valence-corrected chi connectivity index (χ4v) is 3.97. The summed E-state index contributed by atoms with van der Waals surface area (Å²) in [5.74, 6) is -0.603. The molecule has 2 aromatic rings. The molecule has 1 atom stereocenters. The Hall–Kier alpha value is -2.18. The molecule has 1 saturated heterocycles. The van der Waals surface area contributed by atoms with Gasteiger partial charge in [0.2, 0.25) is 10.0 Å². The van der Waals surface area contributed by atoms with Crippen LogP contribution in [0.15, 0.2) is 35.4 Å². The number of hydrogen-bond donors (Lipinski definition) is 1. The lowest BCUT2D eigenvalue weighted by atomic mass is 10.2. The maximum Gasteiger partial charge on any atom is 0.573 e. The summed E-state index contributed by atoms with van der Waals surface area (Å²) in [5.41, 5.74) is 0.364. The molecule has 0 amide bonds. The molecule has 0 spiro atoms. The molecule has 0 radical (unpaired) electrons. The summed E-state index contributed by atoms with van der Waals surface area (Å²) in [4.78, 5) is -0.291. The molecule has 1 aliphatic rings. The molecule has 12 heteroatoms. The molecule has 26 heavy (non-hydrogen) atoms. The number of rotatable bonds is 5.